The number of hydrogen-bond donors (Lipinski definition) is 3. The predicted octanol–water partition coefficient (Wildman–Crippen LogP) is 2.62. The molecule has 3 heterocycles. The molecule has 7 heteroatoms. The fraction of sp³-hybridized carbons (Fsp3) is 0.278. The van der Waals surface area contributed by atoms with Gasteiger partial charge in [-0.05, 0) is 19.4 Å². The summed E-state index contributed by atoms with van der Waals surface area (Å²) in [5.41, 5.74) is 3.08. The molecule has 0 radical (unpaired) electrons. The summed E-state index contributed by atoms with van der Waals surface area (Å²) in [4.78, 5) is 24.9. The summed E-state index contributed by atoms with van der Waals surface area (Å²) < 4.78 is 1.71. The Morgan fingerprint density at radius 2 is 1.96 bits per heavy atom. The quantitative estimate of drug-likeness (QED) is 0.685. The molecule has 0 saturated heterocycles. The van der Waals surface area contributed by atoms with Crippen LogP contribution in [0, 0.1) is 0 Å². The number of fused-ring (bicyclic) bond motifs is 1. The molecule has 0 fully saturated rings. The van der Waals surface area contributed by atoms with E-state index in [0.29, 0.717) is 11.4 Å². The summed E-state index contributed by atoms with van der Waals surface area (Å²) in [6, 6.07) is 9.82. The van der Waals surface area contributed by atoms with Crippen LogP contribution < -0.4 is 10.9 Å². The molecule has 25 heavy (non-hydrogen) atoms. The van der Waals surface area contributed by atoms with E-state index in [1.807, 2.05) is 44.2 Å². The third kappa shape index (κ3) is 2.48. The van der Waals surface area contributed by atoms with E-state index in [-0.39, 0.29) is 29.8 Å². The lowest BCUT2D eigenvalue weighted by Gasteiger charge is -2.24. The van der Waals surface area contributed by atoms with Gasteiger partial charge in [0, 0.05) is 23.9 Å². The van der Waals surface area contributed by atoms with Crippen LogP contribution in [0.3, 0.4) is 0 Å². The van der Waals surface area contributed by atoms with Crippen LogP contribution in [-0.2, 0) is 4.79 Å². The first-order chi connectivity index (χ1) is 12.1. The van der Waals surface area contributed by atoms with Crippen molar-refractivity contribution in [1.82, 2.24) is 20.0 Å². The number of rotatable bonds is 3. The Hall–Kier alpha value is -3.09. The molecule has 0 aliphatic carbocycles. The van der Waals surface area contributed by atoms with Crippen LogP contribution in [0.5, 0.6) is 0 Å². The summed E-state index contributed by atoms with van der Waals surface area (Å²) in [7, 11) is 0. The monoisotopic (exact) mass is 337 g/mol. The van der Waals surface area contributed by atoms with E-state index in [4.69, 9.17) is 0 Å². The van der Waals surface area contributed by atoms with Gasteiger partial charge in [-0.2, -0.15) is 5.10 Å². The molecule has 0 spiro atoms. The molecule has 128 valence electrons. The minimum absolute atomic E-state index is 0.0356. The average Bonchev–Trinajstić information content (AvgIpc) is 3.20. The largest absolute Gasteiger partial charge is 0.311 e. The highest BCUT2D eigenvalue weighted by atomic mass is 16.2. The molecule has 3 aromatic rings. The van der Waals surface area contributed by atoms with Gasteiger partial charge < -0.3 is 5.32 Å². The van der Waals surface area contributed by atoms with Crippen molar-refractivity contribution in [2.75, 3.05) is 5.32 Å². The maximum absolute atomic E-state index is 12.6. The van der Waals surface area contributed by atoms with Crippen molar-refractivity contribution in [3.8, 4) is 11.3 Å². The van der Waals surface area contributed by atoms with Crippen molar-refractivity contribution in [3.63, 3.8) is 0 Å². The Morgan fingerprint density at radius 3 is 2.68 bits per heavy atom. The number of H-pyrrole nitrogens is 2. The number of amides is 1. The van der Waals surface area contributed by atoms with Gasteiger partial charge in [0.25, 0.3) is 5.56 Å². The van der Waals surface area contributed by atoms with E-state index in [1.165, 1.54) is 0 Å². The fourth-order valence-corrected chi connectivity index (χ4v) is 3.43. The van der Waals surface area contributed by atoms with Crippen LogP contribution in [0.25, 0.3) is 11.3 Å². The molecule has 3 N–H and O–H groups in total. The van der Waals surface area contributed by atoms with Gasteiger partial charge in [-0.15, -0.1) is 0 Å². The lowest BCUT2D eigenvalue weighted by Crippen LogP contribution is -2.27. The van der Waals surface area contributed by atoms with E-state index in [0.717, 1.165) is 16.8 Å². The molecule has 1 atom stereocenters. The maximum Gasteiger partial charge on any atom is 0.270 e. The second-order valence-electron chi connectivity index (χ2n) is 6.54. The highest BCUT2D eigenvalue weighted by Gasteiger charge is 2.35. The van der Waals surface area contributed by atoms with Gasteiger partial charge >= 0.3 is 0 Å². The molecule has 7 nitrogen and oxygen atoms in total. The number of aromatic amines is 2. The van der Waals surface area contributed by atoms with Gasteiger partial charge in [-0.1, -0.05) is 30.3 Å². The SMILES string of the molecule is CC(C)n1[nH]c(=O)c2c1NC(=O)CC2c1cn[nH]c1-c1ccccc1. The van der Waals surface area contributed by atoms with Gasteiger partial charge in [0.1, 0.15) is 5.82 Å². The lowest BCUT2D eigenvalue weighted by molar-refractivity contribution is -0.116. The van der Waals surface area contributed by atoms with Gasteiger partial charge in [0.05, 0.1) is 17.5 Å². The van der Waals surface area contributed by atoms with E-state index in [1.54, 1.807) is 10.9 Å². The van der Waals surface area contributed by atoms with E-state index < -0.39 is 0 Å². The third-order valence-corrected chi connectivity index (χ3v) is 4.58. The van der Waals surface area contributed by atoms with Crippen LogP contribution in [0.4, 0.5) is 5.82 Å². The first-order valence-corrected chi connectivity index (χ1v) is 8.29. The smallest absolute Gasteiger partial charge is 0.270 e. The van der Waals surface area contributed by atoms with E-state index >= 15 is 0 Å². The number of benzene rings is 1. The second-order valence-corrected chi connectivity index (χ2v) is 6.54. The van der Waals surface area contributed by atoms with Crippen LogP contribution >= 0.6 is 0 Å². The number of anilines is 1. The van der Waals surface area contributed by atoms with Crippen LogP contribution in [0.2, 0.25) is 0 Å². The number of nitrogens with zero attached hydrogens (tertiary/aromatic N) is 2. The molecule has 1 aliphatic rings. The van der Waals surface area contributed by atoms with Crippen molar-refractivity contribution in [2.24, 2.45) is 0 Å². The summed E-state index contributed by atoms with van der Waals surface area (Å²) in [5, 5.41) is 12.9. The van der Waals surface area contributed by atoms with Gasteiger partial charge in [-0.25, -0.2) is 0 Å². The zero-order valence-corrected chi connectivity index (χ0v) is 14.0. The number of aromatic nitrogens is 4. The number of hydrogen-bond acceptors (Lipinski definition) is 3. The Kier molecular flexibility index (Phi) is 3.56. The Labute approximate surface area is 144 Å². The normalized spacial score (nSPS) is 16.8. The van der Waals surface area contributed by atoms with Crippen molar-refractivity contribution in [2.45, 2.75) is 32.2 Å². The standard InChI is InChI=1S/C18H19N5O2/c1-10(2)23-17-15(18(25)22-23)12(8-14(24)20-17)13-9-19-21-16(13)11-6-4-3-5-7-11/h3-7,9-10,12H,8H2,1-2H3,(H,19,21)(H,20,24)(H,22,25). The van der Waals surface area contributed by atoms with Gasteiger partial charge in [-0.3, -0.25) is 24.5 Å². The highest BCUT2D eigenvalue weighted by Crippen LogP contribution is 2.39. The molecular formula is C18H19N5O2. The lowest BCUT2D eigenvalue weighted by atomic mass is 9.86. The summed E-state index contributed by atoms with van der Waals surface area (Å²) in [6.07, 6.45) is 1.93. The summed E-state index contributed by atoms with van der Waals surface area (Å²) >= 11 is 0. The number of carbonyl (C=O) groups excluding carboxylic acids is 1. The Bertz CT molecular complexity index is 981. The van der Waals surface area contributed by atoms with Crippen LogP contribution in [0.1, 0.15) is 43.4 Å². The first-order valence-electron chi connectivity index (χ1n) is 8.29. The minimum Gasteiger partial charge on any atom is -0.311 e. The first kappa shape index (κ1) is 15.4. The summed E-state index contributed by atoms with van der Waals surface area (Å²) in [6.45, 7) is 3.92. The molecule has 2 aromatic heterocycles. The van der Waals surface area contributed by atoms with Crippen molar-refractivity contribution in [1.29, 1.82) is 0 Å². The molecule has 0 bridgehead atoms. The Morgan fingerprint density at radius 1 is 1.20 bits per heavy atom. The maximum atomic E-state index is 12.6. The van der Waals surface area contributed by atoms with Crippen molar-refractivity contribution < 1.29 is 4.79 Å². The molecule has 4 rings (SSSR count). The van der Waals surface area contributed by atoms with Crippen LogP contribution in [-0.4, -0.2) is 25.9 Å². The van der Waals surface area contributed by atoms with Crippen molar-refractivity contribution in [3.05, 3.63) is 58.0 Å². The van der Waals surface area contributed by atoms with Crippen LogP contribution in [0.15, 0.2) is 41.3 Å². The fourth-order valence-electron chi connectivity index (χ4n) is 3.43. The van der Waals surface area contributed by atoms with Crippen molar-refractivity contribution >= 4 is 11.7 Å². The molecular weight excluding hydrogens is 318 g/mol. The molecule has 1 unspecified atom stereocenters. The van der Waals surface area contributed by atoms with E-state index in [9.17, 15) is 9.59 Å². The minimum atomic E-state index is -0.332. The average molecular weight is 337 g/mol. The molecule has 1 amide bonds. The Balaban J connectivity index is 1.89. The molecule has 1 aliphatic heterocycles. The molecule has 1 aromatic carbocycles. The number of nitrogens with one attached hydrogen (secondary N) is 3. The molecule has 0 saturated carbocycles. The topological polar surface area (TPSA) is 95.6 Å². The third-order valence-electron chi connectivity index (χ3n) is 4.58. The predicted molar refractivity (Wildman–Crippen MR) is 94.6 cm³/mol. The second kappa shape index (κ2) is 5.77. The highest BCUT2D eigenvalue weighted by molar-refractivity contribution is 5.94. The van der Waals surface area contributed by atoms with E-state index in [2.05, 4.69) is 20.6 Å². The zero-order valence-electron chi connectivity index (χ0n) is 14.0. The summed E-state index contributed by atoms with van der Waals surface area (Å²) in [5.74, 6) is 0.119. The van der Waals surface area contributed by atoms with Gasteiger partial charge in [0.15, 0.2) is 0 Å². The zero-order chi connectivity index (χ0) is 17.6. The number of carbonyl (C=O) groups is 1. The van der Waals surface area contributed by atoms with Gasteiger partial charge in [0.2, 0.25) is 5.91 Å².